The summed E-state index contributed by atoms with van der Waals surface area (Å²) >= 11 is 0. The van der Waals surface area contributed by atoms with Crippen molar-refractivity contribution >= 4 is 0 Å². The first-order chi connectivity index (χ1) is 9.56. The van der Waals surface area contributed by atoms with Gasteiger partial charge in [0.05, 0.1) is 0 Å². The van der Waals surface area contributed by atoms with E-state index in [2.05, 4.69) is 71.1 Å². The third-order valence-electron chi connectivity index (χ3n) is 4.00. The maximum absolute atomic E-state index is 3.36. The monoisotopic (exact) mass is 428 g/mol. The van der Waals surface area contributed by atoms with Crippen molar-refractivity contribution < 1.29 is 51.0 Å². The number of allylic oxidation sites excluding steroid dienone is 10. The molecule has 0 saturated carbocycles. The van der Waals surface area contributed by atoms with Gasteiger partial charge in [0.25, 0.3) is 0 Å². The third kappa shape index (κ3) is 10.6. The van der Waals surface area contributed by atoms with E-state index < -0.39 is 0 Å². The Labute approximate surface area is 175 Å². The Kier molecular flexibility index (Phi) is 19.1. The number of rotatable bonds is 4. The van der Waals surface area contributed by atoms with E-state index in [9.17, 15) is 0 Å². The fraction of sp³-hybridized carbons (Fsp3) is 0.500. The molecule has 0 aromatic rings. The SMILES string of the molecule is CC1=[C-]C(C)C(C)=C1C.CCCC/C=C/C1=CC[C-]=C1.[Cl-].[Cl-].[Zr+4]. The van der Waals surface area contributed by atoms with E-state index in [4.69, 9.17) is 0 Å². The second kappa shape index (κ2) is 15.7. The third-order valence-corrected chi connectivity index (χ3v) is 4.00. The quantitative estimate of drug-likeness (QED) is 0.440. The van der Waals surface area contributed by atoms with Gasteiger partial charge in [0.1, 0.15) is 0 Å². The fourth-order valence-corrected chi connectivity index (χ4v) is 2.23. The molecule has 0 bridgehead atoms. The molecule has 0 aliphatic heterocycles. The first-order valence-corrected chi connectivity index (χ1v) is 7.77. The van der Waals surface area contributed by atoms with E-state index >= 15 is 0 Å². The molecule has 0 saturated heterocycles. The van der Waals surface area contributed by atoms with Crippen LogP contribution in [0.2, 0.25) is 0 Å². The molecule has 2 rings (SSSR count). The summed E-state index contributed by atoms with van der Waals surface area (Å²) in [6, 6.07) is 0. The van der Waals surface area contributed by atoms with Crippen LogP contribution < -0.4 is 24.8 Å². The molecular weight excluding hydrogens is 402 g/mol. The first kappa shape index (κ1) is 28.0. The van der Waals surface area contributed by atoms with Gasteiger partial charge in [-0.25, -0.2) is 11.6 Å². The predicted octanol–water partition coefficient (Wildman–Crippen LogP) is 0.150. The van der Waals surface area contributed by atoms with Gasteiger partial charge in [0.15, 0.2) is 0 Å². The van der Waals surface area contributed by atoms with Gasteiger partial charge in [-0.05, 0) is 6.42 Å². The van der Waals surface area contributed by atoms with Crippen molar-refractivity contribution in [3.05, 3.63) is 58.7 Å². The molecule has 126 valence electrons. The van der Waals surface area contributed by atoms with Gasteiger partial charge < -0.3 is 24.8 Å². The van der Waals surface area contributed by atoms with Gasteiger partial charge in [0, 0.05) is 0 Å². The molecule has 0 radical (unpaired) electrons. The largest absolute Gasteiger partial charge is 4.00 e. The minimum Gasteiger partial charge on any atom is -1.00 e. The summed E-state index contributed by atoms with van der Waals surface area (Å²) in [5.41, 5.74) is 5.57. The van der Waals surface area contributed by atoms with Crippen LogP contribution in [0, 0.1) is 18.1 Å². The van der Waals surface area contributed by atoms with Crippen LogP contribution in [0.15, 0.2) is 46.6 Å². The molecule has 0 aromatic heterocycles. The number of unbranched alkanes of at least 4 members (excludes halogenated alkanes) is 2. The Bertz CT molecular complexity index is 468. The van der Waals surface area contributed by atoms with Crippen molar-refractivity contribution in [1.29, 1.82) is 0 Å². The minimum absolute atomic E-state index is 0. The molecule has 1 atom stereocenters. The zero-order valence-corrected chi connectivity index (χ0v) is 18.9. The topological polar surface area (TPSA) is 0 Å². The van der Waals surface area contributed by atoms with E-state index in [1.54, 1.807) is 0 Å². The van der Waals surface area contributed by atoms with Gasteiger partial charge in [-0.3, -0.25) is 12.2 Å². The van der Waals surface area contributed by atoms with Crippen LogP contribution in [-0.4, -0.2) is 0 Å². The molecule has 0 amide bonds. The van der Waals surface area contributed by atoms with Crippen LogP contribution in [0.3, 0.4) is 0 Å². The van der Waals surface area contributed by atoms with Crippen LogP contribution in [0.25, 0.3) is 0 Å². The number of hydrogen-bond donors (Lipinski definition) is 0. The Morgan fingerprint density at radius 1 is 1.22 bits per heavy atom. The zero-order chi connectivity index (χ0) is 15.0. The molecule has 1 unspecified atom stereocenters. The predicted molar refractivity (Wildman–Crippen MR) is 89.1 cm³/mol. The average molecular weight is 431 g/mol. The average Bonchev–Trinajstić information content (AvgIpc) is 3.02. The Balaban J connectivity index is -0.000000312. The van der Waals surface area contributed by atoms with Crippen LogP contribution in [0.5, 0.6) is 0 Å². The van der Waals surface area contributed by atoms with Crippen LogP contribution >= 0.6 is 0 Å². The molecule has 0 N–H and O–H groups in total. The molecule has 0 fully saturated rings. The summed E-state index contributed by atoms with van der Waals surface area (Å²) in [4.78, 5) is 0. The van der Waals surface area contributed by atoms with Crippen molar-refractivity contribution in [2.45, 2.75) is 60.3 Å². The van der Waals surface area contributed by atoms with Crippen molar-refractivity contribution in [3.63, 3.8) is 0 Å². The van der Waals surface area contributed by atoms with Crippen LogP contribution in [0.4, 0.5) is 0 Å². The van der Waals surface area contributed by atoms with Gasteiger partial charge >= 0.3 is 26.2 Å². The summed E-state index contributed by atoms with van der Waals surface area (Å²) in [5, 5.41) is 0. The number of halogens is 2. The van der Waals surface area contributed by atoms with E-state index in [1.165, 1.54) is 41.6 Å². The smallest absolute Gasteiger partial charge is 1.00 e. The van der Waals surface area contributed by atoms with E-state index in [1.807, 2.05) is 0 Å². The van der Waals surface area contributed by atoms with Gasteiger partial charge in [-0.15, -0.1) is 25.5 Å². The Morgan fingerprint density at radius 2 is 1.87 bits per heavy atom. The first-order valence-electron chi connectivity index (χ1n) is 7.77. The van der Waals surface area contributed by atoms with Crippen molar-refractivity contribution in [2.24, 2.45) is 5.92 Å². The van der Waals surface area contributed by atoms with E-state index in [-0.39, 0.29) is 51.0 Å². The Morgan fingerprint density at radius 3 is 2.22 bits per heavy atom. The standard InChI is InChI=1S/C11H15.C9H13.2ClH.Zr/c1-2-3-4-5-8-11-9-6-7-10-11;1-6-5-7(2)9(4)8(6)3;;;/h5,8-10H,2-4,6H2,1H3;6H,1-4H3;2*1H;/q2*-1;;;+4/p-2/b8-5+;;;;. The summed E-state index contributed by atoms with van der Waals surface area (Å²) < 4.78 is 0. The second-order valence-corrected chi connectivity index (χ2v) is 5.60. The Hall–Kier alpha value is 0.163. The molecule has 0 aromatic carbocycles. The summed E-state index contributed by atoms with van der Waals surface area (Å²) in [6.07, 6.45) is 20.0. The molecule has 2 aliphatic rings. The van der Waals surface area contributed by atoms with E-state index in [0.717, 1.165) is 6.42 Å². The number of hydrogen-bond acceptors (Lipinski definition) is 0. The van der Waals surface area contributed by atoms with Crippen LogP contribution in [0.1, 0.15) is 60.3 Å². The van der Waals surface area contributed by atoms with E-state index in [0.29, 0.717) is 5.92 Å². The summed E-state index contributed by atoms with van der Waals surface area (Å²) in [5.74, 6) is 0.560. The van der Waals surface area contributed by atoms with Gasteiger partial charge in [-0.1, -0.05) is 46.5 Å². The normalized spacial score (nSPS) is 18.4. The molecule has 0 spiro atoms. The van der Waals surface area contributed by atoms with Crippen molar-refractivity contribution in [2.75, 3.05) is 0 Å². The maximum Gasteiger partial charge on any atom is 4.00 e. The van der Waals surface area contributed by atoms with Crippen LogP contribution in [-0.2, 0) is 26.2 Å². The molecule has 0 nitrogen and oxygen atoms in total. The fourth-order valence-electron chi connectivity index (χ4n) is 2.23. The minimum atomic E-state index is 0. The van der Waals surface area contributed by atoms with Crippen molar-refractivity contribution in [1.82, 2.24) is 0 Å². The molecule has 23 heavy (non-hydrogen) atoms. The maximum atomic E-state index is 3.36. The van der Waals surface area contributed by atoms with Gasteiger partial charge in [0.2, 0.25) is 0 Å². The van der Waals surface area contributed by atoms with Gasteiger partial charge in [-0.2, -0.15) is 22.8 Å². The summed E-state index contributed by atoms with van der Waals surface area (Å²) in [6.45, 7) is 10.9. The molecule has 0 heterocycles. The van der Waals surface area contributed by atoms with Crippen molar-refractivity contribution in [3.8, 4) is 0 Å². The molecule has 2 aliphatic carbocycles. The molecular formula is C20H28Cl2Zr. The summed E-state index contributed by atoms with van der Waals surface area (Å²) in [7, 11) is 0. The zero-order valence-electron chi connectivity index (χ0n) is 15.0. The molecule has 3 heteroatoms. The second-order valence-electron chi connectivity index (χ2n) is 5.60.